The molecule has 1 N–H and O–H groups in total. The molecule has 9 heteroatoms. The Morgan fingerprint density at radius 1 is 1.19 bits per heavy atom. The van der Waals surface area contributed by atoms with Gasteiger partial charge in [0.1, 0.15) is 11.6 Å². The second-order valence-corrected chi connectivity index (χ2v) is 8.29. The molecule has 0 radical (unpaired) electrons. The van der Waals surface area contributed by atoms with Gasteiger partial charge in [0, 0.05) is 25.0 Å². The first-order valence-electron chi connectivity index (χ1n) is 9.92. The molecule has 0 unspecified atom stereocenters. The quantitative estimate of drug-likeness (QED) is 0.386. The van der Waals surface area contributed by atoms with Gasteiger partial charge >= 0.3 is 6.61 Å². The summed E-state index contributed by atoms with van der Waals surface area (Å²) in [6, 6.07) is 14.5. The van der Waals surface area contributed by atoms with E-state index in [0.717, 1.165) is 35.1 Å². The molecular formula is C22H22F2N4O2S. The average Bonchev–Trinajstić information content (AvgIpc) is 3.57. The molecule has 6 nitrogen and oxygen atoms in total. The number of carbonyl (C=O) groups excluding carboxylic acids is 1. The molecule has 1 aliphatic carbocycles. The molecule has 0 bridgehead atoms. The number of alkyl halides is 2. The molecule has 1 saturated carbocycles. The van der Waals surface area contributed by atoms with Crippen molar-refractivity contribution in [2.75, 3.05) is 18.1 Å². The van der Waals surface area contributed by atoms with Crippen molar-refractivity contribution in [3.8, 4) is 5.75 Å². The molecule has 0 atom stereocenters. The van der Waals surface area contributed by atoms with Gasteiger partial charge in [0.05, 0.1) is 11.3 Å². The maximum Gasteiger partial charge on any atom is 0.387 e. The van der Waals surface area contributed by atoms with Crippen LogP contribution in [-0.4, -0.2) is 46.2 Å². The molecule has 0 aliphatic heterocycles. The maximum absolute atomic E-state index is 12.6. The number of hydrogen-bond donors (Lipinski definition) is 1. The van der Waals surface area contributed by atoms with E-state index in [0.29, 0.717) is 17.7 Å². The minimum atomic E-state index is -2.86. The van der Waals surface area contributed by atoms with Gasteiger partial charge in [-0.2, -0.15) is 8.78 Å². The van der Waals surface area contributed by atoms with Crippen LogP contribution in [0.1, 0.15) is 18.4 Å². The van der Waals surface area contributed by atoms with Gasteiger partial charge in [-0.25, -0.2) is 9.97 Å². The largest absolute Gasteiger partial charge is 0.435 e. The predicted molar refractivity (Wildman–Crippen MR) is 116 cm³/mol. The van der Waals surface area contributed by atoms with Gasteiger partial charge in [0.25, 0.3) is 0 Å². The summed E-state index contributed by atoms with van der Waals surface area (Å²) in [5.41, 5.74) is 1.66. The van der Waals surface area contributed by atoms with E-state index in [1.165, 1.54) is 23.9 Å². The molecule has 4 rings (SSSR count). The zero-order valence-corrected chi connectivity index (χ0v) is 17.7. The number of ether oxygens (including phenoxy) is 1. The Morgan fingerprint density at radius 3 is 2.65 bits per heavy atom. The lowest BCUT2D eigenvalue weighted by Crippen LogP contribution is -2.27. The van der Waals surface area contributed by atoms with Crippen LogP contribution < -0.4 is 10.1 Å². The maximum atomic E-state index is 12.6. The lowest BCUT2D eigenvalue weighted by molar-refractivity contribution is -0.127. The number of aromatic nitrogens is 2. The molecule has 0 saturated heterocycles. The van der Waals surface area contributed by atoms with Crippen LogP contribution in [0.2, 0.25) is 0 Å². The third kappa shape index (κ3) is 5.81. The van der Waals surface area contributed by atoms with Crippen molar-refractivity contribution in [3.63, 3.8) is 0 Å². The fourth-order valence-electron chi connectivity index (χ4n) is 3.03. The number of nitrogens with one attached hydrogen (secondary N) is 1. The third-order valence-electron chi connectivity index (χ3n) is 4.82. The number of anilines is 1. The number of nitrogens with zero attached hydrogens (tertiary/aromatic N) is 3. The van der Waals surface area contributed by atoms with E-state index in [4.69, 9.17) is 0 Å². The van der Waals surface area contributed by atoms with Crippen molar-refractivity contribution < 1.29 is 18.3 Å². The highest BCUT2D eigenvalue weighted by Gasteiger charge is 2.23. The van der Waals surface area contributed by atoms with Crippen molar-refractivity contribution in [2.24, 2.45) is 0 Å². The normalized spacial score (nSPS) is 13.4. The van der Waals surface area contributed by atoms with Gasteiger partial charge in [-0.3, -0.25) is 4.79 Å². The summed E-state index contributed by atoms with van der Waals surface area (Å²) in [5.74, 6) is 1.02. The Morgan fingerprint density at radius 2 is 1.94 bits per heavy atom. The fourth-order valence-corrected chi connectivity index (χ4v) is 3.82. The number of rotatable bonds is 9. The van der Waals surface area contributed by atoms with E-state index in [2.05, 4.69) is 20.0 Å². The number of benzene rings is 2. The molecule has 162 valence electrons. The van der Waals surface area contributed by atoms with Crippen LogP contribution in [0, 0.1) is 0 Å². The Bertz CT molecular complexity index is 1060. The van der Waals surface area contributed by atoms with Gasteiger partial charge in [-0.05, 0) is 42.7 Å². The van der Waals surface area contributed by atoms with E-state index in [1.54, 1.807) is 24.1 Å². The molecule has 1 amide bonds. The number of thioether (sulfide) groups is 1. The van der Waals surface area contributed by atoms with Crippen LogP contribution in [0.15, 0.2) is 53.7 Å². The van der Waals surface area contributed by atoms with Crippen LogP contribution in [0.25, 0.3) is 10.9 Å². The summed E-state index contributed by atoms with van der Waals surface area (Å²) < 4.78 is 28.8. The summed E-state index contributed by atoms with van der Waals surface area (Å²) in [4.78, 5) is 23.4. The first-order chi connectivity index (χ1) is 15.0. The van der Waals surface area contributed by atoms with Gasteiger partial charge < -0.3 is 15.0 Å². The molecule has 3 aromatic rings. The average molecular weight is 445 g/mol. The summed E-state index contributed by atoms with van der Waals surface area (Å²) in [6.45, 7) is -2.49. The first-order valence-corrected chi connectivity index (χ1v) is 10.9. The van der Waals surface area contributed by atoms with Crippen LogP contribution >= 0.6 is 11.8 Å². The number of fused-ring (bicyclic) bond motifs is 1. The van der Waals surface area contributed by atoms with Gasteiger partial charge in [0.2, 0.25) is 5.91 Å². The Labute approximate surface area is 183 Å². The van der Waals surface area contributed by atoms with Crippen molar-refractivity contribution >= 4 is 34.4 Å². The topological polar surface area (TPSA) is 67.3 Å². The molecule has 1 aliphatic rings. The molecular weight excluding hydrogens is 422 g/mol. The fraction of sp³-hybridized carbons (Fsp3) is 0.318. The third-order valence-corrected chi connectivity index (χ3v) is 5.65. The number of halogens is 2. The Balaban J connectivity index is 1.37. The minimum absolute atomic E-state index is 0.0774. The van der Waals surface area contributed by atoms with Crippen LogP contribution in [0.5, 0.6) is 5.75 Å². The Hall–Kier alpha value is -2.94. The number of amides is 1. The smallest absolute Gasteiger partial charge is 0.387 e. The summed E-state index contributed by atoms with van der Waals surface area (Å²) in [5, 5.41) is 4.97. The van der Waals surface area contributed by atoms with Crippen molar-refractivity contribution in [1.82, 2.24) is 14.9 Å². The monoisotopic (exact) mass is 444 g/mol. The molecule has 0 spiro atoms. The molecule has 1 fully saturated rings. The lowest BCUT2D eigenvalue weighted by atomic mass is 10.2. The van der Waals surface area contributed by atoms with E-state index in [-0.39, 0.29) is 17.4 Å². The molecule has 31 heavy (non-hydrogen) atoms. The van der Waals surface area contributed by atoms with Crippen molar-refractivity contribution in [1.29, 1.82) is 0 Å². The highest BCUT2D eigenvalue weighted by molar-refractivity contribution is 7.99. The highest BCUT2D eigenvalue weighted by Crippen LogP contribution is 2.29. The molecule has 1 heterocycles. The van der Waals surface area contributed by atoms with Gasteiger partial charge in [-0.1, -0.05) is 36.0 Å². The zero-order chi connectivity index (χ0) is 21.8. The van der Waals surface area contributed by atoms with Crippen LogP contribution in [0.4, 0.5) is 14.6 Å². The number of carbonyl (C=O) groups is 1. The second kappa shape index (κ2) is 9.47. The predicted octanol–water partition coefficient (Wildman–Crippen LogP) is 4.56. The van der Waals surface area contributed by atoms with E-state index >= 15 is 0 Å². The van der Waals surface area contributed by atoms with E-state index in [9.17, 15) is 13.6 Å². The van der Waals surface area contributed by atoms with E-state index < -0.39 is 6.61 Å². The highest BCUT2D eigenvalue weighted by atomic mass is 32.2. The lowest BCUT2D eigenvalue weighted by Gasteiger charge is -2.17. The summed E-state index contributed by atoms with van der Waals surface area (Å²) >= 11 is 1.30. The standard InChI is InChI=1S/C22H22F2N4O2S/c1-28(12-14-6-10-16(11-7-14)30-21(23)24)19(29)13-31-22-26-18-5-3-2-4-17(18)20(27-22)25-15-8-9-15/h2-7,10-11,15,21H,8-9,12-13H2,1H3,(H,25,26,27). The van der Waals surface area contributed by atoms with Crippen molar-refractivity contribution in [2.45, 2.75) is 37.2 Å². The van der Waals surface area contributed by atoms with E-state index in [1.807, 2.05) is 24.3 Å². The molecule has 2 aromatic carbocycles. The van der Waals surface area contributed by atoms with Crippen LogP contribution in [0.3, 0.4) is 0 Å². The van der Waals surface area contributed by atoms with Gasteiger partial charge in [-0.15, -0.1) is 0 Å². The Kier molecular flexibility index (Phi) is 6.50. The minimum Gasteiger partial charge on any atom is -0.435 e. The summed E-state index contributed by atoms with van der Waals surface area (Å²) in [7, 11) is 1.70. The first kappa shape index (κ1) is 21.3. The SMILES string of the molecule is CN(Cc1ccc(OC(F)F)cc1)C(=O)CSc1nc(NC2CC2)c2ccccc2n1. The van der Waals surface area contributed by atoms with Gasteiger partial charge in [0.15, 0.2) is 5.16 Å². The van der Waals surface area contributed by atoms with Crippen molar-refractivity contribution in [3.05, 3.63) is 54.1 Å². The summed E-state index contributed by atoms with van der Waals surface area (Å²) in [6.07, 6.45) is 2.28. The molecule has 1 aromatic heterocycles. The number of para-hydroxylation sites is 1. The second-order valence-electron chi connectivity index (χ2n) is 7.35. The van der Waals surface area contributed by atoms with Crippen LogP contribution in [-0.2, 0) is 11.3 Å². The zero-order valence-electron chi connectivity index (χ0n) is 16.9. The number of hydrogen-bond acceptors (Lipinski definition) is 6.